The van der Waals surface area contributed by atoms with Crippen molar-refractivity contribution in [2.75, 3.05) is 19.9 Å². The summed E-state index contributed by atoms with van der Waals surface area (Å²) in [6, 6.07) is 14.5. The van der Waals surface area contributed by atoms with Crippen LogP contribution in [0.15, 0.2) is 42.5 Å². The molecule has 2 N–H and O–H groups in total. The van der Waals surface area contributed by atoms with Crippen molar-refractivity contribution in [1.82, 2.24) is 15.5 Å². The molecule has 0 bridgehead atoms. The van der Waals surface area contributed by atoms with Gasteiger partial charge in [0.1, 0.15) is 0 Å². The largest absolute Gasteiger partial charge is 0.454 e. The average molecular weight is 418 g/mol. The van der Waals surface area contributed by atoms with E-state index in [4.69, 9.17) is 33.3 Å². The van der Waals surface area contributed by atoms with E-state index in [0.717, 1.165) is 54.6 Å². The zero-order valence-corrected chi connectivity index (χ0v) is 17.2. The maximum Gasteiger partial charge on any atom is 0.231 e. The van der Waals surface area contributed by atoms with Crippen molar-refractivity contribution in [3.8, 4) is 11.5 Å². The second-order valence-corrected chi connectivity index (χ2v) is 8.04. The van der Waals surface area contributed by atoms with Crippen LogP contribution in [0.5, 0.6) is 11.5 Å². The fourth-order valence-corrected chi connectivity index (χ4v) is 3.92. The lowest BCUT2D eigenvalue weighted by molar-refractivity contribution is 0.174. The fourth-order valence-electron chi connectivity index (χ4n) is 3.55. The van der Waals surface area contributed by atoms with Gasteiger partial charge in [-0.25, -0.2) is 0 Å². The van der Waals surface area contributed by atoms with Crippen LogP contribution in [-0.4, -0.2) is 35.9 Å². The highest BCUT2D eigenvalue weighted by Gasteiger charge is 2.20. The van der Waals surface area contributed by atoms with E-state index in [1.165, 1.54) is 5.56 Å². The lowest BCUT2D eigenvalue weighted by Gasteiger charge is -2.33. The Morgan fingerprint density at radius 3 is 2.54 bits per heavy atom. The molecule has 0 saturated carbocycles. The summed E-state index contributed by atoms with van der Waals surface area (Å²) in [6.07, 6.45) is 2.17. The Morgan fingerprint density at radius 2 is 1.75 bits per heavy atom. The molecule has 0 spiro atoms. The second kappa shape index (κ2) is 8.99. The predicted molar refractivity (Wildman–Crippen MR) is 115 cm³/mol. The summed E-state index contributed by atoms with van der Waals surface area (Å²) in [5, 5.41) is 8.23. The minimum Gasteiger partial charge on any atom is -0.454 e. The number of ether oxygens (including phenoxy) is 2. The molecule has 28 heavy (non-hydrogen) atoms. The Hall–Kier alpha value is -2.02. The topological polar surface area (TPSA) is 45.8 Å². The molecule has 2 aromatic rings. The van der Waals surface area contributed by atoms with Crippen LogP contribution in [0, 0.1) is 0 Å². The van der Waals surface area contributed by atoms with Gasteiger partial charge in [0, 0.05) is 37.2 Å². The van der Waals surface area contributed by atoms with E-state index >= 15 is 0 Å². The number of benzene rings is 2. The van der Waals surface area contributed by atoms with Crippen molar-refractivity contribution >= 4 is 28.9 Å². The molecule has 7 heteroatoms. The van der Waals surface area contributed by atoms with Gasteiger partial charge in [-0.3, -0.25) is 4.90 Å². The fraction of sp³-hybridized carbons (Fsp3) is 0.381. The quantitative estimate of drug-likeness (QED) is 0.723. The Kier molecular flexibility index (Phi) is 6.20. The standard InChI is InChI=1S/C21H24ClN3O2S/c22-17-4-1-15(2-5-17)13-25-9-7-18(8-10-25)24-21(28)23-12-16-3-6-19-20(11-16)27-14-26-19/h1-6,11,18H,7-10,12-14H2,(H2,23,24,28). The third-order valence-electron chi connectivity index (χ3n) is 5.13. The van der Waals surface area contributed by atoms with Gasteiger partial charge in [-0.2, -0.15) is 0 Å². The lowest BCUT2D eigenvalue weighted by Crippen LogP contribution is -2.47. The van der Waals surface area contributed by atoms with Gasteiger partial charge in [0.25, 0.3) is 0 Å². The summed E-state index contributed by atoms with van der Waals surface area (Å²) in [6.45, 7) is 4.05. The van der Waals surface area contributed by atoms with Crippen LogP contribution in [0.2, 0.25) is 5.02 Å². The monoisotopic (exact) mass is 417 g/mol. The van der Waals surface area contributed by atoms with Crippen molar-refractivity contribution in [1.29, 1.82) is 0 Å². The van der Waals surface area contributed by atoms with Gasteiger partial charge in [0.05, 0.1) is 0 Å². The zero-order valence-electron chi connectivity index (χ0n) is 15.6. The van der Waals surface area contributed by atoms with E-state index in [1.807, 2.05) is 30.3 Å². The summed E-state index contributed by atoms with van der Waals surface area (Å²) in [5.74, 6) is 1.60. The van der Waals surface area contributed by atoms with Crippen molar-refractivity contribution in [3.05, 3.63) is 58.6 Å². The molecule has 0 unspecified atom stereocenters. The van der Waals surface area contributed by atoms with Crippen LogP contribution in [-0.2, 0) is 13.1 Å². The van der Waals surface area contributed by atoms with Crippen molar-refractivity contribution in [3.63, 3.8) is 0 Å². The maximum atomic E-state index is 5.96. The Labute approximate surface area is 176 Å². The predicted octanol–water partition coefficient (Wildman–Crippen LogP) is 3.70. The van der Waals surface area contributed by atoms with Crippen LogP contribution in [0.3, 0.4) is 0 Å². The van der Waals surface area contributed by atoms with Crippen molar-refractivity contribution in [2.45, 2.75) is 32.0 Å². The number of nitrogens with one attached hydrogen (secondary N) is 2. The van der Waals surface area contributed by atoms with Gasteiger partial charge in [-0.05, 0) is 60.5 Å². The third-order valence-corrected chi connectivity index (χ3v) is 5.65. The molecule has 0 amide bonds. The van der Waals surface area contributed by atoms with Gasteiger partial charge < -0.3 is 20.1 Å². The van der Waals surface area contributed by atoms with E-state index in [1.54, 1.807) is 0 Å². The molecule has 1 saturated heterocycles. The average Bonchev–Trinajstić information content (AvgIpc) is 3.17. The molecule has 0 radical (unpaired) electrons. The summed E-state index contributed by atoms with van der Waals surface area (Å²) >= 11 is 11.4. The van der Waals surface area contributed by atoms with E-state index in [9.17, 15) is 0 Å². The van der Waals surface area contributed by atoms with Crippen molar-refractivity contribution in [2.24, 2.45) is 0 Å². The normalized spacial score (nSPS) is 16.8. The number of halogens is 1. The lowest BCUT2D eigenvalue weighted by atomic mass is 10.0. The first-order valence-electron chi connectivity index (χ1n) is 9.55. The summed E-state index contributed by atoms with van der Waals surface area (Å²) in [5.41, 5.74) is 2.42. The highest BCUT2D eigenvalue weighted by molar-refractivity contribution is 7.80. The number of hydrogen-bond acceptors (Lipinski definition) is 4. The molecule has 2 aliphatic heterocycles. The first-order valence-corrected chi connectivity index (χ1v) is 10.3. The summed E-state index contributed by atoms with van der Waals surface area (Å²) in [4.78, 5) is 2.48. The molecule has 148 valence electrons. The zero-order chi connectivity index (χ0) is 19.3. The van der Waals surface area contributed by atoms with Gasteiger partial charge in [0.15, 0.2) is 16.6 Å². The summed E-state index contributed by atoms with van der Waals surface area (Å²) < 4.78 is 10.8. The molecule has 0 atom stereocenters. The highest BCUT2D eigenvalue weighted by Crippen LogP contribution is 2.32. The van der Waals surface area contributed by atoms with Crippen LogP contribution in [0.1, 0.15) is 24.0 Å². The molecule has 5 nitrogen and oxygen atoms in total. The molecule has 2 heterocycles. The van der Waals surface area contributed by atoms with Gasteiger partial charge in [-0.1, -0.05) is 29.8 Å². The third kappa shape index (κ3) is 5.07. The Balaban J connectivity index is 1.18. The smallest absolute Gasteiger partial charge is 0.231 e. The van der Waals surface area contributed by atoms with E-state index in [-0.39, 0.29) is 0 Å². The van der Waals surface area contributed by atoms with Gasteiger partial charge >= 0.3 is 0 Å². The minimum absolute atomic E-state index is 0.295. The number of fused-ring (bicyclic) bond motifs is 1. The minimum atomic E-state index is 0.295. The van der Waals surface area contributed by atoms with E-state index < -0.39 is 0 Å². The number of likely N-dealkylation sites (tertiary alicyclic amines) is 1. The molecule has 0 aromatic heterocycles. The van der Waals surface area contributed by atoms with E-state index in [0.29, 0.717) is 24.5 Å². The van der Waals surface area contributed by atoms with Crippen LogP contribution in [0.4, 0.5) is 0 Å². The molecule has 1 fully saturated rings. The second-order valence-electron chi connectivity index (χ2n) is 7.19. The van der Waals surface area contributed by atoms with Crippen molar-refractivity contribution < 1.29 is 9.47 Å². The Bertz CT molecular complexity index is 823. The first-order chi connectivity index (χ1) is 13.7. The Morgan fingerprint density at radius 1 is 1.04 bits per heavy atom. The number of nitrogens with zero attached hydrogens (tertiary/aromatic N) is 1. The number of thiocarbonyl (C=S) groups is 1. The van der Waals surface area contributed by atoms with Gasteiger partial charge in [0.2, 0.25) is 6.79 Å². The number of rotatable bonds is 5. The number of hydrogen-bond donors (Lipinski definition) is 2. The van der Waals surface area contributed by atoms with E-state index in [2.05, 4.69) is 27.7 Å². The van der Waals surface area contributed by atoms with Crippen LogP contribution < -0.4 is 20.1 Å². The molecular weight excluding hydrogens is 394 g/mol. The number of piperidine rings is 1. The van der Waals surface area contributed by atoms with Crippen LogP contribution in [0.25, 0.3) is 0 Å². The maximum absolute atomic E-state index is 5.96. The first kappa shape index (κ1) is 19.3. The highest BCUT2D eigenvalue weighted by atomic mass is 35.5. The molecule has 4 rings (SSSR count). The summed E-state index contributed by atoms with van der Waals surface area (Å²) in [7, 11) is 0. The SMILES string of the molecule is S=C(NCc1ccc2c(c1)OCO2)NC1CCN(Cc2ccc(Cl)cc2)CC1. The van der Waals surface area contributed by atoms with Gasteiger partial charge in [-0.15, -0.1) is 0 Å². The molecule has 2 aliphatic rings. The molecular formula is C21H24ClN3O2S. The molecule has 0 aliphatic carbocycles. The molecule has 2 aromatic carbocycles. The van der Waals surface area contributed by atoms with Crippen LogP contribution >= 0.6 is 23.8 Å².